The molecular weight excluding hydrogens is 314 g/mol. The van der Waals surface area contributed by atoms with Crippen LogP contribution < -0.4 is 10.1 Å². The molecule has 1 N–H and O–H groups in total. The monoisotopic (exact) mass is 341 g/mol. The standard InChI is InChI=1S/C20H27N3O2/c1-13-18(14(2)23(3)22-13)11-12-19(24)21-20(15-5-6-15)16-7-9-17(25-4)10-8-16/h7-10,15,20H,5-6,11-12H2,1-4H3,(H,21,24). The molecule has 5 heteroatoms. The summed E-state index contributed by atoms with van der Waals surface area (Å²) in [6.07, 6.45) is 3.58. The summed E-state index contributed by atoms with van der Waals surface area (Å²) in [6, 6.07) is 8.13. The summed E-state index contributed by atoms with van der Waals surface area (Å²) < 4.78 is 7.10. The maximum Gasteiger partial charge on any atom is 0.220 e. The fraction of sp³-hybridized carbons (Fsp3) is 0.500. The molecule has 0 spiro atoms. The number of rotatable bonds is 7. The first-order valence-electron chi connectivity index (χ1n) is 8.92. The molecule has 0 saturated heterocycles. The van der Waals surface area contributed by atoms with Crippen molar-refractivity contribution >= 4 is 5.91 Å². The lowest BCUT2D eigenvalue weighted by atomic mass is 10.0. The minimum Gasteiger partial charge on any atom is -0.497 e. The summed E-state index contributed by atoms with van der Waals surface area (Å²) in [5.74, 6) is 1.50. The molecule has 2 aromatic rings. The van der Waals surface area contributed by atoms with E-state index in [9.17, 15) is 4.79 Å². The van der Waals surface area contributed by atoms with E-state index in [0.717, 1.165) is 29.1 Å². The summed E-state index contributed by atoms with van der Waals surface area (Å²) in [6.45, 7) is 4.06. The van der Waals surface area contributed by atoms with Crippen molar-refractivity contribution in [3.63, 3.8) is 0 Å². The van der Waals surface area contributed by atoms with E-state index in [1.54, 1.807) is 7.11 Å². The highest BCUT2D eigenvalue weighted by Gasteiger charge is 2.33. The lowest BCUT2D eigenvalue weighted by molar-refractivity contribution is -0.122. The quantitative estimate of drug-likeness (QED) is 0.841. The van der Waals surface area contributed by atoms with E-state index in [-0.39, 0.29) is 11.9 Å². The SMILES string of the molecule is COc1ccc(C(NC(=O)CCc2c(C)nn(C)c2C)C2CC2)cc1. The highest BCUT2D eigenvalue weighted by atomic mass is 16.5. The molecule has 25 heavy (non-hydrogen) atoms. The number of amides is 1. The molecule has 134 valence electrons. The third-order valence-corrected chi connectivity index (χ3v) is 5.15. The van der Waals surface area contributed by atoms with E-state index >= 15 is 0 Å². The van der Waals surface area contributed by atoms with Gasteiger partial charge in [0, 0.05) is 19.2 Å². The largest absolute Gasteiger partial charge is 0.497 e. The van der Waals surface area contributed by atoms with E-state index in [0.29, 0.717) is 12.3 Å². The molecule has 1 heterocycles. The predicted octanol–water partition coefficient (Wildman–Crippen LogP) is 3.25. The van der Waals surface area contributed by atoms with Crippen LogP contribution in [0.5, 0.6) is 5.75 Å². The fourth-order valence-electron chi connectivity index (χ4n) is 3.38. The number of benzene rings is 1. The fourth-order valence-corrected chi connectivity index (χ4v) is 3.38. The molecule has 3 rings (SSSR count). The van der Waals surface area contributed by atoms with Crippen molar-refractivity contribution in [2.24, 2.45) is 13.0 Å². The average Bonchev–Trinajstić information content (AvgIpc) is 3.41. The molecule has 1 aliphatic rings. The second kappa shape index (κ2) is 7.30. The van der Waals surface area contributed by atoms with Gasteiger partial charge in [-0.15, -0.1) is 0 Å². The van der Waals surface area contributed by atoms with Gasteiger partial charge in [-0.1, -0.05) is 12.1 Å². The Bertz CT molecular complexity index is 745. The van der Waals surface area contributed by atoms with Crippen LogP contribution in [0.25, 0.3) is 0 Å². The Kier molecular flexibility index (Phi) is 5.11. The zero-order valence-electron chi connectivity index (χ0n) is 15.5. The van der Waals surface area contributed by atoms with E-state index in [2.05, 4.69) is 29.5 Å². The van der Waals surface area contributed by atoms with Crippen molar-refractivity contribution in [2.45, 2.75) is 45.6 Å². The zero-order valence-corrected chi connectivity index (χ0v) is 15.5. The molecule has 1 aromatic heterocycles. The van der Waals surface area contributed by atoms with Gasteiger partial charge in [0.05, 0.1) is 18.8 Å². The third kappa shape index (κ3) is 4.03. The van der Waals surface area contributed by atoms with Gasteiger partial charge in [0.1, 0.15) is 5.75 Å². The molecule has 1 unspecified atom stereocenters. The molecule has 0 bridgehead atoms. The first-order valence-corrected chi connectivity index (χ1v) is 8.92. The zero-order chi connectivity index (χ0) is 18.0. The topological polar surface area (TPSA) is 56.1 Å². The number of ether oxygens (including phenoxy) is 1. The van der Waals surface area contributed by atoms with Crippen LogP contribution in [0.15, 0.2) is 24.3 Å². The van der Waals surface area contributed by atoms with Crippen molar-refractivity contribution in [1.29, 1.82) is 0 Å². The van der Waals surface area contributed by atoms with Crippen LogP contribution in [0.4, 0.5) is 0 Å². The normalized spacial score (nSPS) is 15.0. The Hall–Kier alpha value is -2.30. The van der Waals surface area contributed by atoms with Gasteiger partial charge in [0.25, 0.3) is 0 Å². The van der Waals surface area contributed by atoms with Crippen molar-refractivity contribution < 1.29 is 9.53 Å². The lowest BCUT2D eigenvalue weighted by Gasteiger charge is -2.19. The summed E-state index contributed by atoms with van der Waals surface area (Å²) in [4.78, 5) is 12.5. The number of aromatic nitrogens is 2. The number of hydrogen-bond acceptors (Lipinski definition) is 3. The highest BCUT2D eigenvalue weighted by Crippen LogP contribution is 2.41. The van der Waals surface area contributed by atoms with E-state index in [1.165, 1.54) is 18.4 Å². The van der Waals surface area contributed by atoms with Crippen LogP contribution in [-0.2, 0) is 18.3 Å². The molecular formula is C20H27N3O2. The number of carbonyl (C=O) groups is 1. The van der Waals surface area contributed by atoms with Crippen LogP contribution in [0.1, 0.15) is 47.8 Å². The minimum absolute atomic E-state index is 0.106. The Morgan fingerprint density at radius 3 is 2.52 bits per heavy atom. The van der Waals surface area contributed by atoms with Gasteiger partial charge in [0.2, 0.25) is 5.91 Å². The Morgan fingerprint density at radius 2 is 2.00 bits per heavy atom. The molecule has 1 saturated carbocycles. The maximum atomic E-state index is 12.5. The number of aryl methyl sites for hydroxylation is 2. The predicted molar refractivity (Wildman–Crippen MR) is 97.6 cm³/mol. The molecule has 1 amide bonds. The molecule has 1 aliphatic carbocycles. The first kappa shape index (κ1) is 17.5. The van der Waals surface area contributed by atoms with E-state index in [1.807, 2.05) is 30.8 Å². The van der Waals surface area contributed by atoms with E-state index < -0.39 is 0 Å². The highest BCUT2D eigenvalue weighted by molar-refractivity contribution is 5.77. The van der Waals surface area contributed by atoms with Gasteiger partial charge < -0.3 is 10.1 Å². The number of nitrogens with one attached hydrogen (secondary N) is 1. The average molecular weight is 341 g/mol. The summed E-state index contributed by atoms with van der Waals surface area (Å²) in [5.41, 5.74) is 4.50. The molecule has 0 aliphatic heterocycles. The van der Waals surface area contributed by atoms with Crippen molar-refractivity contribution in [1.82, 2.24) is 15.1 Å². The number of hydrogen-bond donors (Lipinski definition) is 1. The number of carbonyl (C=O) groups excluding carboxylic acids is 1. The lowest BCUT2D eigenvalue weighted by Crippen LogP contribution is -2.30. The van der Waals surface area contributed by atoms with Crippen LogP contribution >= 0.6 is 0 Å². The first-order chi connectivity index (χ1) is 12.0. The van der Waals surface area contributed by atoms with Gasteiger partial charge >= 0.3 is 0 Å². The van der Waals surface area contributed by atoms with Crippen molar-refractivity contribution in [3.8, 4) is 5.75 Å². The third-order valence-electron chi connectivity index (χ3n) is 5.15. The Labute approximate surface area is 149 Å². The number of nitrogens with zero attached hydrogens (tertiary/aromatic N) is 2. The molecule has 1 atom stereocenters. The van der Waals surface area contributed by atoms with Gasteiger partial charge in [0.15, 0.2) is 0 Å². The van der Waals surface area contributed by atoms with E-state index in [4.69, 9.17) is 4.74 Å². The van der Waals surface area contributed by atoms with Crippen LogP contribution in [0.3, 0.4) is 0 Å². The van der Waals surface area contributed by atoms with Gasteiger partial charge in [-0.2, -0.15) is 5.10 Å². The maximum absolute atomic E-state index is 12.5. The smallest absolute Gasteiger partial charge is 0.220 e. The summed E-state index contributed by atoms with van der Waals surface area (Å²) in [7, 11) is 3.61. The van der Waals surface area contributed by atoms with Crippen LogP contribution in [0.2, 0.25) is 0 Å². The second-order valence-electron chi connectivity index (χ2n) is 6.93. The molecule has 0 radical (unpaired) electrons. The second-order valence-corrected chi connectivity index (χ2v) is 6.93. The van der Waals surface area contributed by atoms with Gasteiger partial charge in [-0.25, -0.2) is 0 Å². The molecule has 1 fully saturated rings. The molecule has 5 nitrogen and oxygen atoms in total. The Morgan fingerprint density at radius 1 is 1.32 bits per heavy atom. The van der Waals surface area contributed by atoms with Crippen LogP contribution in [0, 0.1) is 19.8 Å². The summed E-state index contributed by atoms with van der Waals surface area (Å²) in [5, 5.41) is 7.67. The minimum atomic E-state index is 0.106. The van der Waals surface area contributed by atoms with Crippen LogP contribution in [-0.4, -0.2) is 22.8 Å². The molecule has 1 aromatic carbocycles. The van der Waals surface area contributed by atoms with Crippen molar-refractivity contribution in [3.05, 3.63) is 46.8 Å². The summed E-state index contributed by atoms with van der Waals surface area (Å²) >= 11 is 0. The van der Waals surface area contributed by atoms with Gasteiger partial charge in [-0.05, 0) is 62.3 Å². The number of methoxy groups -OCH3 is 1. The van der Waals surface area contributed by atoms with Gasteiger partial charge in [-0.3, -0.25) is 9.48 Å². The Balaban J connectivity index is 1.63. The van der Waals surface area contributed by atoms with Crippen molar-refractivity contribution in [2.75, 3.05) is 7.11 Å².